The largest absolute Gasteiger partial charge is 0.396 e. The monoisotopic (exact) mass is 184 g/mol. The van der Waals surface area contributed by atoms with Crippen LogP contribution in [0, 0.1) is 11.8 Å². The minimum Gasteiger partial charge on any atom is -0.396 e. The third-order valence-electron chi connectivity index (χ3n) is 3.20. The molecule has 4 nitrogen and oxygen atoms in total. The van der Waals surface area contributed by atoms with Crippen LogP contribution in [0.4, 0.5) is 4.79 Å². The first-order chi connectivity index (χ1) is 6.29. The van der Waals surface area contributed by atoms with Crippen LogP contribution in [-0.2, 0) is 0 Å². The first-order valence-corrected chi connectivity index (χ1v) is 4.95. The van der Waals surface area contributed by atoms with Gasteiger partial charge < -0.3 is 15.7 Å². The minimum absolute atomic E-state index is 0.0557. The van der Waals surface area contributed by atoms with Crippen LogP contribution in [-0.4, -0.2) is 30.3 Å². The zero-order valence-electron chi connectivity index (χ0n) is 7.62. The molecule has 1 aliphatic heterocycles. The van der Waals surface area contributed by atoms with Crippen LogP contribution >= 0.6 is 0 Å². The number of nitrogens with one attached hydrogen (secondary N) is 2. The quantitative estimate of drug-likeness (QED) is 0.540. The molecule has 3 N–H and O–H groups in total. The van der Waals surface area contributed by atoms with Crippen LogP contribution < -0.4 is 10.6 Å². The van der Waals surface area contributed by atoms with Gasteiger partial charge in [-0.25, -0.2) is 4.79 Å². The van der Waals surface area contributed by atoms with Gasteiger partial charge >= 0.3 is 6.03 Å². The van der Waals surface area contributed by atoms with Gasteiger partial charge in [-0.2, -0.15) is 0 Å². The molecule has 2 aliphatic rings. The molecule has 13 heavy (non-hydrogen) atoms. The molecule has 3 atom stereocenters. The molecular formula is C9H16N2O2. The topological polar surface area (TPSA) is 61.4 Å². The Balaban J connectivity index is 1.95. The Bertz CT molecular complexity index is 208. The van der Waals surface area contributed by atoms with Gasteiger partial charge in [0, 0.05) is 19.2 Å². The summed E-state index contributed by atoms with van der Waals surface area (Å²) in [5.41, 5.74) is 0. The number of carbonyl (C=O) groups excluding carboxylic acids is 1. The first kappa shape index (κ1) is 8.81. The molecule has 1 heterocycles. The number of carbonyl (C=O) groups is 1. The van der Waals surface area contributed by atoms with Crippen molar-refractivity contribution in [2.24, 2.45) is 11.8 Å². The van der Waals surface area contributed by atoms with E-state index in [1.165, 1.54) is 0 Å². The zero-order chi connectivity index (χ0) is 9.26. The lowest BCUT2D eigenvalue weighted by Crippen LogP contribution is -2.57. The highest BCUT2D eigenvalue weighted by molar-refractivity contribution is 5.75. The van der Waals surface area contributed by atoms with Crippen molar-refractivity contribution in [1.29, 1.82) is 0 Å². The van der Waals surface area contributed by atoms with Crippen LogP contribution in [0.1, 0.15) is 19.3 Å². The van der Waals surface area contributed by atoms with E-state index in [1.54, 1.807) is 0 Å². The smallest absolute Gasteiger partial charge is 0.315 e. The molecule has 0 radical (unpaired) electrons. The average molecular weight is 184 g/mol. The maximum absolute atomic E-state index is 11.0. The molecule has 0 aromatic heterocycles. The van der Waals surface area contributed by atoms with E-state index >= 15 is 0 Å². The van der Waals surface area contributed by atoms with E-state index < -0.39 is 0 Å². The fourth-order valence-electron chi connectivity index (χ4n) is 2.35. The molecule has 0 unspecified atom stereocenters. The van der Waals surface area contributed by atoms with E-state index in [4.69, 9.17) is 5.11 Å². The standard InChI is InChI=1S/C9H16N2O2/c12-5-6-1-2-7-4-10-9(13)11-8(7)3-6/h6-8,12H,1-5H2,(H2,10,11,13)/t6-,7-,8-/m1/s1. The van der Waals surface area contributed by atoms with E-state index in [0.717, 1.165) is 25.8 Å². The predicted octanol–water partition coefficient (Wildman–Crippen LogP) is 0.0764. The zero-order valence-corrected chi connectivity index (χ0v) is 7.62. The summed E-state index contributed by atoms with van der Waals surface area (Å²) >= 11 is 0. The van der Waals surface area contributed by atoms with Gasteiger partial charge in [0.2, 0.25) is 0 Å². The Morgan fingerprint density at radius 2 is 2.31 bits per heavy atom. The summed E-state index contributed by atoms with van der Waals surface area (Å²) in [6.45, 7) is 1.06. The lowest BCUT2D eigenvalue weighted by Gasteiger charge is -2.39. The molecule has 4 heteroatoms. The Morgan fingerprint density at radius 3 is 3.08 bits per heavy atom. The summed E-state index contributed by atoms with van der Waals surface area (Å²) in [5.74, 6) is 0.958. The van der Waals surface area contributed by atoms with Crippen LogP contribution in [0.3, 0.4) is 0 Å². The van der Waals surface area contributed by atoms with Gasteiger partial charge in [0.05, 0.1) is 0 Å². The van der Waals surface area contributed by atoms with Crippen LogP contribution in [0.15, 0.2) is 0 Å². The van der Waals surface area contributed by atoms with Gasteiger partial charge in [-0.05, 0) is 31.1 Å². The van der Waals surface area contributed by atoms with Crippen molar-refractivity contribution in [3.05, 3.63) is 0 Å². The molecule has 2 fully saturated rings. The number of amides is 2. The van der Waals surface area contributed by atoms with Gasteiger partial charge in [-0.15, -0.1) is 0 Å². The maximum Gasteiger partial charge on any atom is 0.315 e. The molecule has 2 amide bonds. The summed E-state index contributed by atoms with van der Waals surface area (Å²) < 4.78 is 0. The van der Waals surface area contributed by atoms with E-state index in [-0.39, 0.29) is 12.6 Å². The highest BCUT2D eigenvalue weighted by Crippen LogP contribution is 2.29. The van der Waals surface area contributed by atoms with Crippen molar-refractivity contribution in [3.8, 4) is 0 Å². The van der Waals surface area contributed by atoms with Gasteiger partial charge in [-0.1, -0.05) is 0 Å². The van der Waals surface area contributed by atoms with Crippen molar-refractivity contribution in [2.75, 3.05) is 13.2 Å². The van der Waals surface area contributed by atoms with E-state index in [1.807, 2.05) is 0 Å². The van der Waals surface area contributed by atoms with Crippen molar-refractivity contribution in [2.45, 2.75) is 25.3 Å². The SMILES string of the molecule is O=C1NC[C@H]2CC[C@@H](CO)C[C@H]2N1. The Labute approximate surface area is 77.7 Å². The summed E-state index contributed by atoms with van der Waals surface area (Å²) in [5, 5.41) is 14.7. The second-order valence-electron chi connectivity index (χ2n) is 4.08. The fraction of sp³-hybridized carbons (Fsp3) is 0.889. The van der Waals surface area contributed by atoms with Crippen molar-refractivity contribution >= 4 is 6.03 Å². The summed E-state index contributed by atoms with van der Waals surface area (Å²) in [6, 6.07) is 0.236. The lowest BCUT2D eigenvalue weighted by atomic mass is 9.78. The second kappa shape index (κ2) is 3.54. The maximum atomic E-state index is 11.0. The number of fused-ring (bicyclic) bond motifs is 1. The van der Waals surface area contributed by atoms with Crippen molar-refractivity contribution in [1.82, 2.24) is 10.6 Å². The van der Waals surface area contributed by atoms with E-state index in [2.05, 4.69) is 10.6 Å². The highest BCUT2D eigenvalue weighted by atomic mass is 16.3. The number of urea groups is 1. The number of aliphatic hydroxyl groups excluding tert-OH is 1. The number of hydrogen-bond acceptors (Lipinski definition) is 2. The number of rotatable bonds is 1. The molecule has 0 aromatic carbocycles. The second-order valence-corrected chi connectivity index (χ2v) is 4.08. The van der Waals surface area contributed by atoms with Crippen LogP contribution in [0.5, 0.6) is 0 Å². The first-order valence-electron chi connectivity index (χ1n) is 4.95. The molecule has 2 rings (SSSR count). The summed E-state index contributed by atoms with van der Waals surface area (Å²) in [7, 11) is 0. The van der Waals surface area contributed by atoms with Crippen molar-refractivity contribution < 1.29 is 9.90 Å². The molecular weight excluding hydrogens is 168 g/mol. The molecule has 74 valence electrons. The normalized spacial score (nSPS) is 38.8. The third kappa shape index (κ3) is 1.77. The van der Waals surface area contributed by atoms with Crippen LogP contribution in [0.2, 0.25) is 0 Å². The number of aliphatic hydroxyl groups is 1. The van der Waals surface area contributed by atoms with Crippen molar-refractivity contribution in [3.63, 3.8) is 0 Å². The van der Waals surface area contributed by atoms with Crippen LogP contribution in [0.25, 0.3) is 0 Å². The van der Waals surface area contributed by atoms with Gasteiger partial charge in [0.25, 0.3) is 0 Å². The van der Waals surface area contributed by atoms with E-state index in [0.29, 0.717) is 17.9 Å². The van der Waals surface area contributed by atoms with Gasteiger partial charge in [-0.3, -0.25) is 0 Å². The van der Waals surface area contributed by atoms with E-state index in [9.17, 15) is 4.79 Å². The summed E-state index contributed by atoms with van der Waals surface area (Å²) in [6.07, 6.45) is 3.15. The Hall–Kier alpha value is -0.770. The lowest BCUT2D eigenvalue weighted by molar-refractivity contribution is 0.127. The summed E-state index contributed by atoms with van der Waals surface area (Å²) in [4.78, 5) is 11.0. The Kier molecular flexibility index (Phi) is 2.40. The highest BCUT2D eigenvalue weighted by Gasteiger charge is 2.33. The molecule has 1 aliphatic carbocycles. The molecule has 1 saturated heterocycles. The molecule has 0 bridgehead atoms. The minimum atomic E-state index is -0.0557. The molecule has 0 aromatic rings. The predicted molar refractivity (Wildman–Crippen MR) is 48.2 cm³/mol. The van der Waals surface area contributed by atoms with Gasteiger partial charge in [0.1, 0.15) is 0 Å². The molecule has 0 spiro atoms. The third-order valence-corrected chi connectivity index (χ3v) is 3.20. The molecule has 1 saturated carbocycles. The Morgan fingerprint density at radius 1 is 1.46 bits per heavy atom. The van der Waals surface area contributed by atoms with Gasteiger partial charge in [0.15, 0.2) is 0 Å². The average Bonchev–Trinajstić information content (AvgIpc) is 2.16. The fourth-order valence-corrected chi connectivity index (χ4v) is 2.35. The number of hydrogen-bond donors (Lipinski definition) is 3.